The standard InChI is InChI=1S/C20H15F2N3O/c1-12-6-9-18(23-11-12)25-19(14-4-2-3-5-15(14)20(25)26)24-17-10-13(21)7-8-16(17)22/h2-11,19,24H,1H3. The number of carbonyl (C=O) groups excluding carboxylic acids is 1. The van der Waals surface area contributed by atoms with Crippen molar-refractivity contribution in [2.45, 2.75) is 13.1 Å². The number of aryl methyl sites for hydroxylation is 1. The van der Waals surface area contributed by atoms with Crippen molar-refractivity contribution < 1.29 is 13.6 Å². The Morgan fingerprint density at radius 2 is 1.88 bits per heavy atom. The van der Waals surface area contributed by atoms with Crippen molar-refractivity contribution in [3.63, 3.8) is 0 Å². The molecule has 1 unspecified atom stereocenters. The summed E-state index contributed by atoms with van der Waals surface area (Å²) in [6, 6.07) is 13.8. The largest absolute Gasteiger partial charge is 0.359 e. The van der Waals surface area contributed by atoms with Gasteiger partial charge >= 0.3 is 0 Å². The van der Waals surface area contributed by atoms with Gasteiger partial charge < -0.3 is 5.32 Å². The van der Waals surface area contributed by atoms with E-state index in [4.69, 9.17) is 0 Å². The fourth-order valence-electron chi connectivity index (χ4n) is 3.05. The minimum atomic E-state index is -0.690. The topological polar surface area (TPSA) is 45.2 Å². The van der Waals surface area contributed by atoms with Crippen LogP contribution in [-0.4, -0.2) is 10.9 Å². The van der Waals surface area contributed by atoms with E-state index in [-0.39, 0.29) is 11.6 Å². The summed E-state index contributed by atoms with van der Waals surface area (Å²) in [5.41, 5.74) is 2.13. The number of anilines is 2. The van der Waals surface area contributed by atoms with E-state index in [0.29, 0.717) is 16.9 Å². The lowest BCUT2D eigenvalue weighted by atomic mass is 10.1. The van der Waals surface area contributed by atoms with E-state index in [1.807, 2.05) is 13.0 Å². The molecule has 1 atom stereocenters. The van der Waals surface area contributed by atoms with Crippen molar-refractivity contribution in [2.24, 2.45) is 0 Å². The highest BCUT2D eigenvalue weighted by molar-refractivity contribution is 6.11. The number of hydrogen-bond acceptors (Lipinski definition) is 3. The normalized spacial score (nSPS) is 15.9. The van der Waals surface area contributed by atoms with Crippen LogP contribution < -0.4 is 10.2 Å². The fourth-order valence-corrected chi connectivity index (χ4v) is 3.05. The molecular formula is C20H15F2N3O. The number of aromatic nitrogens is 1. The van der Waals surface area contributed by atoms with Gasteiger partial charge in [-0.2, -0.15) is 0 Å². The summed E-state index contributed by atoms with van der Waals surface area (Å²) in [6.45, 7) is 1.90. The van der Waals surface area contributed by atoms with Crippen LogP contribution >= 0.6 is 0 Å². The summed E-state index contributed by atoms with van der Waals surface area (Å²) >= 11 is 0. The maximum absolute atomic E-state index is 14.1. The van der Waals surface area contributed by atoms with Crippen molar-refractivity contribution in [3.8, 4) is 0 Å². The molecule has 0 bridgehead atoms. The predicted molar refractivity (Wildman–Crippen MR) is 94.9 cm³/mol. The monoisotopic (exact) mass is 351 g/mol. The number of fused-ring (bicyclic) bond motifs is 1. The molecule has 2 heterocycles. The van der Waals surface area contributed by atoms with Gasteiger partial charge in [0.25, 0.3) is 5.91 Å². The molecule has 0 aliphatic carbocycles. The first-order valence-electron chi connectivity index (χ1n) is 8.11. The maximum Gasteiger partial charge on any atom is 0.261 e. The number of amides is 1. The van der Waals surface area contributed by atoms with Crippen LogP contribution in [0.1, 0.15) is 27.7 Å². The van der Waals surface area contributed by atoms with Crippen LogP contribution in [0.5, 0.6) is 0 Å². The van der Waals surface area contributed by atoms with Crippen LogP contribution in [0.3, 0.4) is 0 Å². The first-order valence-corrected chi connectivity index (χ1v) is 8.11. The summed E-state index contributed by atoms with van der Waals surface area (Å²) in [5, 5.41) is 2.95. The third kappa shape index (κ3) is 2.69. The van der Waals surface area contributed by atoms with Crippen molar-refractivity contribution in [1.82, 2.24) is 4.98 Å². The quantitative estimate of drug-likeness (QED) is 0.759. The molecule has 3 aromatic rings. The molecule has 2 aromatic carbocycles. The minimum Gasteiger partial charge on any atom is -0.359 e. The number of nitrogens with one attached hydrogen (secondary N) is 1. The number of pyridine rings is 1. The van der Waals surface area contributed by atoms with Crippen molar-refractivity contribution in [3.05, 3.63) is 89.1 Å². The van der Waals surface area contributed by atoms with Crippen LogP contribution in [0, 0.1) is 18.6 Å². The van der Waals surface area contributed by atoms with E-state index in [9.17, 15) is 13.6 Å². The number of hydrogen-bond donors (Lipinski definition) is 1. The molecule has 0 radical (unpaired) electrons. The zero-order chi connectivity index (χ0) is 18.3. The molecule has 4 rings (SSSR count). The average molecular weight is 351 g/mol. The molecule has 0 spiro atoms. The van der Waals surface area contributed by atoms with Crippen LogP contribution in [0.2, 0.25) is 0 Å². The third-order valence-electron chi connectivity index (χ3n) is 4.33. The Bertz CT molecular complexity index is 989. The molecule has 0 saturated heterocycles. The lowest BCUT2D eigenvalue weighted by Crippen LogP contribution is -2.33. The molecule has 1 N–H and O–H groups in total. The molecule has 1 aliphatic rings. The summed E-state index contributed by atoms with van der Waals surface area (Å²) in [4.78, 5) is 18.7. The highest BCUT2D eigenvalue weighted by atomic mass is 19.1. The lowest BCUT2D eigenvalue weighted by Gasteiger charge is -2.26. The van der Waals surface area contributed by atoms with Crippen molar-refractivity contribution in [1.29, 1.82) is 0 Å². The summed E-state index contributed by atoms with van der Waals surface area (Å²) < 4.78 is 27.7. The Kier molecular flexibility index (Phi) is 3.88. The first-order chi connectivity index (χ1) is 12.5. The van der Waals surface area contributed by atoms with E-state index in [1.165, 1.54) is 4.90 Å². The molecule has 0 saturated carbocycles. The van der Waals surface area contributed by atoms with Gasteiger partial charge in [0.2, 0.25) is 0 Å². The number of benzene rings is 2. The van der Waals surface area contributed by atoms with Gasteiger partial charge in [0, 0.05) is 23.4 Å². The maximum atomic E-state index is 14.1. The highest BCUT2D eigenvalue weighted by Gasteiger charge is 2.38. The Morgan fingerprint density at radius 1 is 1.08 bits per heavy atom. The van der Waals surface area contributed by atoms with Crippen molar-refractivity contribution in [2.75, 3.05) is 10.2 Å². The second-order valence-electron chi connectivity index (χ2n) is 6.13. The summed E-state index contributed by atoms with van der Waals surface area (Å²) in [6.07, 6.45) is 0.969. The minimum absolute atomic E-state index is 0.0170. The average Bonchev–Trinajstić information content (AvgIpc) is 2.92. The van der Waals surface area contributed by atoms with Gasteiger partial charge in [-0.25, -0.2) is 13.8 Å². The molecule has 1 aliphatic heterocycles. The molecular weight excluding hydrogens is 336 g/mol. The van der Waals surface area contributed by atoms with Gasteiger partial charge in [0.05, 0.1) is 5.69 Å². The van der Waals surface area contributed by atoms with Crippen molar-refractivity contribution >= 4 is 17.4 Å². The van der Waals surface area contributed by atoms with Gasteiger partial charge in [-0.3, -0.25) is 9.69 Å². The smallest absolute Gasteiger partial charge is 0.261 e. The third-order valence-corrected chi connectivity index (χ3v) is 4.33. The van der Waals surface area contributed by atoms with Gasteiger partial charge in [0.15, 0.2) is 0 Å². The predicted octanol–water partition coefficient (Wildman–Crippen LogP) is 4.44. The second-order valence-corrected chi connectivity index (χ2v) is 6.13. The number of rotatable bonds is 3. The molecule has 6 heteroatoms. The number of carbonyl (C=O) groups is 1. The van der Waals surface area contributed by atoms with Crippen LogP contribution in [0.25, 0.3) is 0 Å². The van der Waals surface area contributed by atoms with E-state index in [0.717, 1.165) is 23.8 Å². The van der Waals surface area contributed by atoms with E-state index >= 15 is 0 Å². The molecule has 130 valence electrons. The highest BCUT2D eigenvalue weighted by Crippen LogP contribution is 2.37. The summed E-state index contributed by atoms with van der Waals surface area (Å²) in [7, 11) is 0. The lowest BCUT2D eigenvalue weighted by molar-refractivity contribution is 0.0992. The number of halogens is 2. The molecule has 1 aromatic heterocycles. The molecule has 4 nitrogen and oxygen atoms in total. The van der Waals surface area contributed by atoms with Crippen LogP contribution in [0.4, 0.5) is 20.3 Å². The second kappa shape index (κ2) is 6.22. The number of nitrogens with zero attached hydrogens (tertiary/aromatic N) is 2. The Morgan fingerprint density at radius 3 is 2.65 bits per heavy atom. The SMILES string of the molecule is Cc1ccc(N2C(=O)c3ccccc3C2Nc2cc(F)ccc2F)nc1. The fraction of sp³-hybridized carbons (Fsp3) is 0.100. The van der Waals surface area contributed by atoms with E-state index < -0.39 is 17.8 Å². The van der Waals surface area contributed by atoms with Crippen LogP contribution in [0.15, 0.2) is 60.8 Å². The Hall–Kier alpha value is -3.28. The van der Waals surface area contributed by atoms with Gasteiger partial charge in [-0.05, 0) is 36.8 Å². The van der Waals surface area contributed by atoms with Gasteiger partial charge in [-0.15, -0.1) is 0 Å². The molecule has 1 amide bonds. The molecule has 0 fully saturated rings. The zero-order valence-corrected chi connectivity index (χ0v) is 13.9. The summed E-state index contributed by atoms with van der Waals surface area (Å²) in [5.74, 6) is -0.969. The zero-order valence-electron chi connectivity index (χ0n) is 13.9. The van der Waals surface area contributed by atoms with Gasteiger partial charge in [-0.1, -0.05) is 24.3 Å². The van der Waals surface area contributed by atoms with E-state index in [1.54, 1.807) is 36.5 Å². The Labute approximate surface area is 149 Å². The first kappa shape index (κ1) is 16.2. The van der Waals surface area contributed by atoms with Crippen LogP contribution in [-0.2, 0) is 0 Å². The van der Waals surface area contributed by atoms with Gasteiger partial charge in [0.1, 0.15) is 23.6 Å². The Balaban J connectivity index is 1.80. The molecule has 26 heavy (non-hydrogen) atoms. The van der Waals surface area contributed by atoms with E-state index in [2.05, 4.69) is 10.3 Å².